The van der Waals surface area contributed by atoms with E-state index >= 15 is 0 Å². The molecule has 5 atom stereocenters. The van der Waals surface area contributed by atoms with Gasteiger partial charge in [-0.3, -0.25) is 4.79 Å². The van der Waals surface area contributed by atoms with E-state index in [4.69, 9.17) is 14.6 Å². The zero-order chi connectivity index (χ0) is 13.7. The minimum Gasteiger partial charge on any atom is -0.394 e. The van der Waals surface area contributed by atoms with E-state index in [1.165, 1.54) is 6.92 Å². The number of aliphatic hydroxyl groups excluding tert-OH is 4. The first-order valence-electron chi connectivity index (χ1n) is 5.64. The Hall–Kier alpha value is -0.770. The molecule has 0 bridgehead atoms. The van der Waals surface area contributed by atoms with Crippen molar-refractivity contribution in [1.29, 1.82) is 0 Å². The van der Waals surface area contributed by atoms with Gasteiger partial charge >= 0.3 is 0 Å². The van der Waals surface area contributed by atoms with Crippen LogP contribution in [-0.2, 0) is 14.3 Å². The van der Waals surface area contributed by atoms with Crippen molar-refractivity contribution in [3.63, 3.8) is 0 Å². The van der Waals surface area contributed by atoms with Gasteiger partial charge in [0.1, 0.15) is 24.4 Å². The Bertz CT molecular complexity index is 273. The molecule has 0 aromatic carbocycles. The van der Waals surface area contributed by atoms with Crippen molar-refractivity contribution in [1.82, 2.24) is 5.32 Å². The molecule has 8 nitrogen and oxygen atoms in total. The summed E-state index contributed by atoms with van der Waals surface area (Å²) in [4.78, 5) is 10.6. The Morgan fingerprint density at radius 3 is 2.50 bits per heavy atom. The van der Waals surface area contributed by atoms with Gasteiger partial charge in [0.15, 0.2) is 6.29 Å². The fourth-order valence-electron chi connectivity index (χ4n) is 1.61. The molecule has 0 spiro atoms. The molecule has 0 aromatic heterocycles. The summed E-state index contributed by atoms with van der Waals surface area (Å²) in [6.07, 6.45) is -6.43. The third kappa shape index (κ3) is 3.87. The molecular weight excluding hydrogens is 246 g/mol. The summed E-state index contributed by atoms with van der Waals surface area (Å²) in [5.74, 6) is -0.215. The highest BCUT2D eigenvalue weighted by Gasteiger charge is 2.43. The zero-order valence-electron chi connectivity index (χ0n) is 10.0. The van der Waals surface area contributed by atoms with E-state index in [1.807, 2.05) is 0 Å². The normalized spacial score (nSPS) is 36.4. The quantitative estimate of drug-likeness (QED) is 0.334. The van der Waals surface area contributed by atoms with Crippen molar-refractivity contribution in [3.8, 4) is 0 Å². The second-order valence-electron chi connectivity index (χ2n) is 4.05. The molecule has 2 unspecified atom stereocenters. The maximum absolute atomic E-state index is 10.6. The van der Waals surface area contributed by atoms with Crippen LogP contribution in [0, 0.1) is 0 Å². The van der Waals surface area contributed by atoms with Crippen LogP contribution in [0.1, 0.15) is 6.92 Å². The maximum Gasteiger partial charge on any atom is 0.216 e. The minimum atomic E-state index is -1.46. The standard InChI is InChI=1S/C10H19NO7/c1-5(13)11-2-3-17-10-9(16)8(15)7(14)6(4-12)18-10/h6-10,12,14-16H,2-4H2,1H3,(H,11,13)/t6?,7-,8-,9+,10?/m0/s1. The number of carbonyl (C=O) groups is 1. The van der Waals surface area contributed by atoms with E-state index in [2.05, 4.69) is 5.32 Å². The summed E-state index contributed by atoms with van der Waals surface area (Å²) in [6, 6.07) is 0. The molecule has 0 saturated carbocycles. The summed E-state index contributed by atoms with van der Waals surface area (Å²) in [7, 11) is 0. The maximum atomic E-state index is 10.6. The Morgan fingerprint density at radius 2 is 1.94 bits per heavy atom. The van der Waals surface area contributed by atoms with E-state index in [0.717, 1.165) is 0 Å². The van der Waals surface area contributed by atoms with Gasteiger partial charge in [0.2, 0.25) is 5.91 Å². The van der Waals surface area contributed by atoms with Crippen molar-refractivity contribution in [3.05, 3.63) is 0 Å². The molecule has 1 saturated heterocycles. The highest BCUT2D eigenvalue weighted by atomic mass is 16.7. The number of nitrogens with one attached hydrogen (secondary N) is 1. The molecule has 1 aliphatic rings. The first kappa shape index (κ1) is 15.3. The summed E-state index contributed by atoms with van der Waals surface area (Å²) < 4.78 is 10.2. The number of hydrogen-bond acceptors (Lipinski definition) is 7. The lowest BCUT2D eigenvalue weighted by Crippen LogP contribution is -2.59. The van der Waals surface area contributed by atoms with Gasteiger partial charge in [-0.2, -0.15) is 0 Å². The number of hydrogen-bond donors (Lipinski definition) is 5. The zero-order valence-corrected chi connectivity index (χ0v) is 10.0. The van der Waals surface area contributed by atoms with Crippen LogP contribution in [0.5, 0.6) is 0 Å². The van der Waals surface area contributed by atoms with Gasteiger partial charge in [-0.05, 0) is 0 Å². The lowest BCUT2D eigenvalue weighted by Gasteiger charge is -2.39. The van der Waals surface area contributed by atoms with Crippen molar-refractivity contribution >= 4 is 5.91 Å². The van der Waals surface area contributed by atoms with E-state index in [9.17, 15) is 20.1 Å². The number of rotatable bonds is 5. The predicted molar refractivity (Wildman–Crippen MR) is 58.4 cm³/mol. The van der Waals surface area contributed by atoms with Crippen LogP contribution in [0.2, 0.25) is 0 Å². The first-order chi connectivity index (χ1) is 8.47. The van der Waals surface area contributed by atoms with E-state index in [-0.39, 0.29) is 19.1 Å². The van der Waals surface area contributed by atoms with Gasteiger partial charge in [0.25, 0.3) is 0 Å². The summed E-state index contributed by atoms with van der Waals surface area (Å²) in [5, 5.41) is 40.0. The van der Waals surface area contributed by atoms with E-state index in [1.54, 1.807) is 0 Å². The lowest BCUT2D eigenvalue weighted by atomic mass is 9.99. The Labute approximate surface area is 104 Å². The lowest BCUT2D eigenvalue weighted by molar-refractivity contribution is -0.300. The molecule has 0 aromatic rings. The fourth-order valence-corrected chi connectivity index (χ4v) is 1.61. The summed E-state index contributed by atoms with van der Waals surface area (Å²) in [5.41, 5.74) is 0. The van der Waals surface area contributed by atoms with Gasteiger partial charge in [-0.1, -0.05) is 0 Å². The minimum absolute atomic E-state index is 0.0717. The summed E-state index contributed by atoms with van der Waals surface area (Å²) in [6.45, 7) is 1.15. The molecular formula is C10H19NO7. The van der Waals surface area contributed by atoms with Crippen LogP contribution in [0.3, 0.4) is 0 Å². The topological polar surface area (TPSA) is 128 Å². The Balaban J connectivity index is 2.41. The molecule has 18 heavy (non-hydrogen) atoms. The van der Waals surface area contributed by atoms with Crippen LogP contribution < -0.4 is 5.32 Å². The van der Waals surface area contributed by atoms with Crippen LogP contribution in [0.25, 0.3) is 0 Å². The molecule has 5 N–H and O–H groups in total. The molecule has 1 heterocycles. The molecule has 1 rings (SSSR count). The average Bonchev–Trinajstić information content (AvgIpc) is 2.34. The fraction of sp³-hybridized carbons (Fsp3) is 0.900. The molecule has 106 valence electrons. The molecule has 1 fully saturated rings. The van der Waals surface area contributed by atoms with Crippen LogP contribution in [-0.4, -0.2) is 76.8 Å². The molecule has 0 aliphatic carbocycles. The third-order valence-corrected chi connectivity index (χ3v) is 2.61. The number of amides is 1. The average molecular weight is 265 g/mol. The van der Waals surface area contributed by atoms with Crippen LogP contribution in [0.15, 0.2) is 0 Å². The molecule has 0 radical (unpaired) electrons. The number of ether oxygens (including phenoxy) is 2. The second-order valence-corrected chi connectivity index (χ2v) is 4.05. The van der Waals surface area contributed by atoms with Gasteiger partial charge in [-0.25, -0.2) is 0 Å². The SMILES string of the molecule is CC(=O)NCCOC1OC(CO)[C@H](O)[C@H](O)[C@H]1O. The second kappa shape index (κ2) is 6.98. The highest BCUT2D eigenvalue weighted by Crippen LogP contribution is 2.21. The number of aliphatic hydroxyl groups is 4. The third-order valence-electron chi connectivity index (χ3n) is 2.61. The van der Waals surface area contributed by atoms with Gasteiger partial charge in [0.05, 0.1) is 13.2 Å². The number of carbonyl (C=O) groups excluding carboxylic acids is 1. The Morgan fingerprint density at radius 1 is 1.28 bits per heavy atom. The smallest absolute Gasteiger partial charge is 0.216 e. The van der Waals surface area contributed by atoms with Crippen LogP contribution >= 0.6 is 0 Å². The highest BCUT2D eigenvalue weighted by molar-refractivity contribution is 5.72. The van der Waals surface area contributed by atoms with Crippen LogP contribution in [0.4, 0.5) is 0 Å². The first-order valence-corrected chi connectivity index (χ1v) is 5.64. The predicted octanol–water partition coefficient (Wildman–Crippen LogP) is -3.06. The van der Waals surface area contributed by atoms with E-state index in [0.29, 0.717) is 0 Å². The monoisotopic (exact) mass is 265 g/mol. The van der Waals surface area contributed by atoms with Crippen molar-refractivity contribution in [2.24, 2.45) is 0 Å². The molecule has 8 heteroatoms. The van der Waals surface area contributed by atoms with Gasteiger partial charge < -0.3 is 35.2 Å². The van der Waals surface area contributed by atoms with Crippen molar-refractivity contribution in [2.75, 3.05) is 19.8 Å². The van der Waals surface area contributed by atoms with E-state index < -0.39 is 37.3 Å². The molecule has 1 amide bonds. The van der Waals surface area contributed by atoms with Crippen molar-refractivity contribution < 1.29 is 34.7 Å². The molecule has 1 aliphatic heterocycles. The van der Waals surface area contributed by atoms with Gasteiger partial charge in [0, 0.05) is 13.5 Å². The largest absolute Gasteiger partial charge is 0.394 e. The summed E-state index contributed by atoms with van der Waals surface area (Å²) >= 11 is 0. The van der Waals surface area contributed by atoms with Gasteiger partial charge in [-0.15, -0.1) is 0 Å². The Kier molecular flexibility index (Phi) is 5.93. The van der Waals surface area contributed by atoms with Crippen molar-refractivity contribution in [2.45, 2.75) is 37.6 Å².